The van der Waals surface area contributed by atoms with Crippen LogP contribution in [0.25, 0.3) is 0 Å². The number of aromatic nitrogens is 1. The summed E-state index contributed by atoms with van der Waals surface area (Å²) in [6.07, 6.45) is 1.29. The lowest BCUT2D eigenvalue weighted by Crippen LogP contribution is -2.14. The fourth-order valence-electron chi connectivity index (χ4n) is 1.77. The topological polar surface area (TPSA) is 89.3 Å². The molecule has 0 saturated carbocycles. The minimum atomic E-state index is -3.80. The van der Waals surface area contributed by atoms with Gasteiger partial charge in [0.1, 0.15) is 6.26 Å². The molecule has 1 aromatic heterocycles. The van der Waals surface area contributed by atoms with Gasteiger partial charge in [0.15, 0.2) is 5.69 Å². The Balaban J connectivity index is 2.37. The first-order valence-electron chi connectivity index (χ1n) is 5.56. The van der Waals surface area contributed by atoms with Crippen LogP contribution in [0.15, 0.2) is 33.9 Å². The molecular weight excluding hydrogens is 304 g/mol. The number of benzene rings is 1. The van der Waals surface area contributed by atoms with Crippen LogP contribution in [-0.4, -0.2) is 19.5 Å². The Labute approximate surface area is 120 Å². The number of halogens is 1. The monoisotopic (exact) mass is 314 g/mol. The van der Waals surface area contributed by atoms with E-state index in [-0.39, 0.29) is 10.6 Å². The number of hydrogen-bond acceptors (Lipinski definition) is 5. The number of amides is 1. The van der Waals surface area contributed by atoms with Crippen LogP contribution in [0.1, 0.15) is 21.6 Å². The molecule has 2 rings (SSSR count). The van der Waals surface area contributed by atoms with Gasteiger partial charge in [0.25, 0.3) is 15.0 Å². The van der Waals surface area contributed by atoms with E-state index < -0.39 is 15.0 Å². The first-order valence-corrected chi connectivity index (χ1v) is 7.87. The van der Waals surface area contributed by atoms with E-state index in [0.29, 0.717) is 16.8 Å². The number of rotatable bonds is 3. The van der Waals surface area contributed by atoms with E-state index in [1.807, 2.05) is 0 Å². The maximum absolute atomic E-state index is 11.9. The Morgan fingerprint density at radius 1 is 1.30 bits per heavy atom. The van der Waals surface area contributed by atoms with Crippen LogP contribution in [0.4, 0.5) is 5.69 Å². The molecule has 1 N–H and O–H groups in total. The van der Waals surface area contributed by atoms with Crippen molar-refractivity contribution < 1.29 is 17.7 Å². The molecule has 0 bridgehead atoms. The Morgan fingerprint density at radius 2 is 1.90 bits per heavy atom. The summed E-state index contributed by atoms with van der Waals surface area (Å²) in [5.41, 5.74) is 1.82. The predicted octanol–water partition coefficient (Wildman–Crippen LogP) is 2.47. The molecule has 8 heteroatoms. The molecule has 1 amide bonds. The average molecular weight is 315 g/mol. The van der Waals surface area contributed by atoms with E-state index in [2.05, 4.69) is 15.0 Å². The molecule has 0 aliphatic rings. The van der Waals surface area contributed by atoms with Crippen molar-refractivity contribution in [1.82, 2.24) is 5.16 Å². The van der Waals surface area contributed by atoms with E-state index in [1.54, 1.807) is 13.8 Å². The van der Waals surface area contributed by atoms with E-state index in [0.717, 1.165) is 0 Å². The molecule has 0 fully saturated rings. The minimum absolute atomic E-state index is 0.00592. The molecule has 0 radical (unpaired) electrons. The number of carbonyl (C=O) groups is 1. The van der Waals surface area contributed by atoms with Gasteiger partial charge in [0, 0.05) is 22.4 Å². The maximum atomic E-state index is 11.9. The van der Waals surface area contributed by atoms with Crippen LogP contribution < -0.4 is 5.32 Å². The first-order chi connectivity index (χ1) is 9.29. The second-order valence-electron chi connectivity index (χ2n) is 4.21. The zero-order chi connectivity index (χ0) is 14.9. The van der Waals surface area contributed by atoms with Gasteiger partial charge in [-0.2, -0.15) is 0 Å². The smallest absolute Gasteiger partial charge is 0.277 e. The van der Waals surface area contributed by atoms with Crippen LogP contribution in [-0.2, 0) is 9.05 Å². The van der Waals surface area contributed by atoms with Crippen molar-refractivity contribution in [1.29, 1.82) is 0 Å². The highest BCUT2D eigenvalue weighted by atomic mass is 35.7. The normalized spacial score (nSPS) is 11.3. The second-order valence-corrected chi connectivity index (χ2v) is 6.77. The number of nitrogens with zero attached hydrogens (tertiary/aromatic N) is 1. The largest absolute Gasteiger partial charge is 0.364 e. The minimum Gasteiger partial charge on any atom is -0.364 e. The van der Waals surface area contributed by atoms with Crippen LogP contribution in [0, 0.1) is 13.8 Å². The SMILES string of the molecule is Cc1cc(S(=O)(=O)Cl)cc(C)c1NC(=O)c1ccon1. The summed E-state index contributed by atoms with van der Waals surface area (Å²) in [5.74, 6) is -0.438. The Hall–Kier alpha value is -1.86. The van der Waals surface area contributed by atoms with Gasteiger partial charge in [-0.05, 0) is 37.1 Å². The van der Waals surface area contributed by atoms with Crippen LogP contribution in [0.5, 0.6) is 0 Å². The third-order valence-corrected chi connectivity index (χ3v) is 4.03. The number of aryl methyl sites for hydroxylation is 2. The summed E-state index contributed by atoms with van der Waals surface area (Å²) >= 11 is 0. The van der Waals surface area contributed by atoms with Gasteiger partial charge in [0.05, 0.1) is 4.90 Å². The molecule has 106 valence electrons. The van der Waals surface area contributed by atoms with Crippen molar-refractivity contribution in [3.8, 4) is 0 Å². The molecule has 0 aliphatic carbocycles. The third kappa shape index (κ3) is 3.00. The third-order valence-electron chi connectivity index (χ3n) is 2.70. The fourth-order valence-corrected chi connectivity index (χ4v) is 2.67. The number of nitrogens with one attached hydrogen (secondary N) is 1. The lowest BCUT2D eigenvalue weighted by Gasteiger charge is -2.12. The van der Waals surface area contributed by atoms with Crippen molar-refractivity contribution in [3.63, 3.8) is 0 Å². The maximum Gasteiger partial charge on any atom is 0.277 e. The summed E-state index contributed by atoms with van der Waals surface area (Å²) < 4.78 is 27.2. The molecular formula is C12H11ClN2O4S. The summed E-state index contributed by atoms with van der Waals surface area (Å²) in [6, 6.07) is 4.22. The van der Waals surface area contributed by atoms with Crippen LogP contribution in [0.2, 0.25) is 0 Å². The van der Waals surface area contributed by atoms with Gasteiger partial charge in [-0.3, -0.25) is 4.79 Å². The zero-order valence-corrected chi connectivity index (χ0v) is 12.2. The van der Waals surface area contributed by atoms with E-state index in [9.17, 15) is 13.2 Å². The van der Waals surface area contributed by atoms with Crippen LogP contribution >= 0.6 is 10.7 Å². The first kappa shape index (κ1) is 14.5. The van der Waals surface area contributed by atoms with Gasteiger partial charge in [-0.15, -0.1) is 0 Å². The van der Waals surface area contributed by atoms with E-state index >= 15 is 0 Å². The quantitative estimate of drug-likeness (QED) is 0.879. The van der Waals surface area contributed by atoms with Gasteiger partial charge >= 0.3 is 0 Å². The Morgan fingerprint density at radius 3 is 2.35 bits per heavy atom. The molecule has 20 heavy (non-hydrogen) atoms. The highest BCUT2D eigenvalue weighted by Gasteiger charge is 2.16. The summed E-state index contributed by atoms with van der Waals surface area (Å²) in [5, 5.41) is 6.18. The molecule has 0 aliphatic heterocycles. The van der Waals surface area contributed by atoms with E-state index in [1.165, 1.54) is 24.5 Å². The van der Waals surface area contributed by atoms with Crippen molar-refractivity contribution in [2.45, 2.75) is 18.7 Å². The highest BCUT2D eigenvalue weighted by Crippen LogP contribution is 2.26. The van der Waals surface area contributed by atoms with Crippen LogP contribution in [0.3, 0.4) is 0 Å². The van der Waals surface area contributed by atoms with E-state index in [4.69, 9.17) is 10.7 Å². The highest BCUT2D eigenvalue weighted by molar-refractivity contribution is 8.13. The molecule has 2 aromatic rings. The zero-order valence-electron chi connectivity index (χ0n) is 10.7. The molecule has 0 saturated heterocycles. The molecule has 1 heterocycles. The van der Waals surface area contributed by atoms with Crippen molar-refractivity contribution in [3.05, 3.63) is 41.3 Å². The molecule has 1 aromatic carbocycles. The molecule has 0 unspecified atom stereocenters. The average Bonchev–Trinajstić information content (AvgIpc) is 2.85. The fraction of sp³-hybridized carbons (Fsp3) is 0.167. The van der Waals surface area contributed by atoms with Gasteiger partial charge in [0.2, 0.25) is 0 Å². The number of carbonyl (C=O) groups excluding carboxylic acids is 1. The standard InChI is InChI=1S/C12H11ClN2O4S/c1-7-5-9(20(13,17)18)6-8(2)11(7)14-12(16)10-3-4-19-15-10/h3-6H,1-2H3,(H,14,16). The van der Waals surface area contributed by atoms with Crippen molar-refractivity contribution >= 4 is 31.3 Å². The predicted molar refractivity (Wildman–Crippen MR) is 73.4 cm³/mol. The Kier molecular flexibility index (Phi) is 3.82. The van der Waals surface area contributed by atoms with Crippen molar-refractivity contribution in [2.24, 2.45) is 0 Å². The van der Waals surface area contributed by atoms with Gasteiger partial charge < -0.3 is 9.84 Å². The lowest BCUT2D eigenvalue weighted by atomic mass is 10.1. The molecule has 0 spiro atoms. The summed E-state index contributed by atoms with van der Waals surface area (Å²) in [4.78, 5) is 11.9. The second kappa shape index (κ2) is 5.26. The lowest BCUT2D eigenvalue weighted by molar-refractivity contribution is 0.101. The summed E-state index contributed by atoms with van der Waals surface area (Å²) in [7, 11) is 1.50. The van der Waals surface area contributed by atoms with Gasteiger partial charge in [-0.25, -0.2) is 8.42 Å². The molecule has 0 atom stereocenters. The van der Waals surface area contributed by atoms with Crippen molar-refractivity contribution in [2.75, 3.05) is 5.32 Å². The summed E-state index contributed by atoms with van der Waals surface area (Å²) in [6.45, 7) is 3.36. The number of hydrogen-bond donors (Lipinski definition) is 1. The number of anilines is 1. The van der Waals surface area contributed by atoms with Gasteiger partial charge in [-0.1, -0.05) is 5.16 Å². The Bertz CT molecular complexity index is 731. The molecule has 6 nitrogen and oxygen atoms in total.